The van der Waals surface area contributed by atoms with E-state index in [9.17, 15) is 0 Å². The molecule has 4 heteroatoms. The van der Waals surface area contributed by atoms with Gasteiger partial charge in [0.1, 0.15) is 0 Å². The van der Waals surface area contributed by atoms with Crippen LogP contribution in [-0.2, 0) is 0 Å². The first-order valence-electron chi connectivity index (χ1n) is 5.15. The van der Waals surface area contributed by atoms with Crippen molar-refractivity contribution in [3.8, 4) is 0 Å². The van der Waals surface area contributed by atoms with E-state index in [2.05, 4.69) is 21.2 Å². The van der Waals surface area contributed by atoms with Gasteiger partial charge in [-0.1, -0.05) is 33.6 Å². The molecule has 0 heterocycles. The minimum Gasteiger partial charge on any atom is -0.398 e. The van der Waals surface area contributed by atoms with E-state index in [1.165, 1.54) is 0 Å². The van der Waals surface area contributed by atoms with Crippen LogP contribution in [0.15, 0.2) is 40.9 Å². The van der Waals surface area contributed by atoms with Gasteiger partial charge in [-0.15, -0.1) is 0 Å². The smallest absolute Gasteiger partial charge is 0.0641 e. The highest BCUT2D eigenvalue weighted by Crippen LogP contribution is 2.31. The van der Waals surface area contributed by atoms with Crippen molar-refractivity contribution in [2.24, 2.45) is 0 Å². The summed E-state index contributed by atoms with van der Waals surface area (Å²) in [5.41, 5.74) is 9.46. The molecule has 0 aliphatic carbocycles. The van der Waals surface area contributed by atoms with E-state index in [4.69, 9.17) is 17.3 Å². The molecule has 3 N–H and O–H groups in total. The summed E-state index contributed by atoms with van der Waals surface area (Å²) in [7, 11) is 0. The molecule has 0 aromatic heterocycles. The van der Waals surface area contributed by atoms with E-state index in [0.29, 0.717) is 5.02 Å². The molecule has 0 saturated heterocycles. The minimum atomic E-state index is 0.676. The molecule has 2 aromatic carbocycles. The number of nitrogens with one attached hydrogen (secondary N) is 1. The predicted octanol–water partition coefficient (Wildman–Crippen LogP) is 4.74. The van der Waals surface area contributed by atoms with E-state index in [1.54, 1.807) is 0 Å². The van der Waals surface area contributed by atoms with Gasteiger partial charge in [0.05, 0.1) is 10.7 Å². The molecule has 0 fully saturated rings. The van der Waals surface area contributed by atoms with Crippen LogP contribution >= 0.6 is 27.5 Å². The molecule has 2 rings (SSSR count). The Morgan fingerprint density at radius 3 is 2.71 bits per heavy atom. The monoisotopic (exact) mass is 310 g/mol. The lowest BCUT2D eigenvalue weighted by Crippen LogP contribution is -1.97. The van der Waals surface area contributed by atoms with Gasteiger partial charge in [-0.3, -0.25) is 0 Å². The van der Waals surface area contributed by atoms with Crippen LogP contribution in [0.5, 0.6) is 0 Å². The van der Waals surface area contributed by atoms with Crippen LogP contribution in [0.4, 0.5) is 17.1 Å². The summed E-state index contributed by atoms with van der Waals surface area (Å²) in [6.45, 7) is 1.98. The Kier molecular flexibility index (Phi) is 3.60. The molecular formula is C13H12BrClN2. The summed E-state index contributed by atoms with van der Waals surface area (Å²) < 4.78 is 0.978. The Balaban J connectivity index is 2.38. The molecule has 0 bridgehead atoms. The molecule has 0 aliphatic heterocycles. The Morgan fingerprint density at radius 2 is 1.94 bits per heavy atom. The number of nitrogens with two attached hydrogens (primary N) is 1. The number of rotatable bonds is 2. The lowest BCUT2D eigenvalue weighted by Gasteiger charge is -2.12. The second kappa shape index (κ2) is 4.98. The first kappa shape index (κ1) is 12.3. The van der Waals surface area contributed by atoms with Crippen LogP contribution in [-0.4, -0.2) is 0 Å². The quantitative estimate of drug-likeness (QED) is 0.786. The largest absolute Gasteiger partial charge is 0.398 e. The fraction of sp³-hybridized carbons (Fsp3) is 0.0769. The topological polar surface area (TPSA) is 38.0 Å². The van der Waals surface area contributed by atoms with E-state index >= 15 is 0 Å². The molecule has 0 radical (unpaired) electrons. The molecule has 0 saturated carbocycles. The fourth-order valence-electron chi connectivity index (χ4n) is 1.53. The molecule has 2 nitrogen and oxygen atoms in total. The Bertz CT molecular complexity index is 555. The Hall–Kier alpha value is -1.19. The molecule has 0 spiro atoms. The average molecular weight is 312 g/mol. The van der Waals surface area contributed by atoms with E-state index < -0.39 is 0 Å². The number of hydrogen-bond acceptors (Lipinski definition) is 2. The summed E-state index contributed by atoms with van der Waals surface area (Å²) in [6.07, 6.45) is 0. The van der Waals surface area contributed by atoms with Gasteiger partial charge in [-0.2, -0.15) is 0 Å². The van der Waals surface area contributed by atoms with Gasteiger partial charge in [0.2, 0.25) is 0 Å². The van der Waals surface area contributed by atoms with Gasteiger partial charge < -0.3 is 11.1 Å². The zero-order chi connectivity index (χ0) is 12.4. The van der Waals surface area contributed by atoms with Crippen molar-refractivity contribution in [2.45, 2.75) is 6.92 Å². The molecule has 0 amide bonds. The third kappa shape index (κ3) is 2.73. The SMILES string of the molecule is Cc1c(N)cccc1Nc1cc(Br)ccc1Cl. The summed E-state index contributed by atoms with van der Waals surface area (Å²) in [5, 5.41) is 3.96. The lowest BCUT2D eigenvalue weighted by molar-refractivity contribution is 1.43. The highest BCUT2D eigenvalue weighted by molar-refractivity contribution is 9.10. The average Bonchev–Trinajstić information content (AvgIpc) is 2.30. The molecular weight excluding hydrogens is 300 g/mol. The van der Waals surface area contributed by atoms with Crippen LogP contribution < -0.4 is 11.1 Å². The van der Waals surface area contributed by atoms with Gasteiger partial charge in [0.15, 0.2) is 0 Å². The normalized spacial score (nSPS) is 10.3. The van der Waals surface area contributed by atoms with Gasteiger partial charge in [0.25, 0.3) is 0 Å². The van der Waals surface area contributed by atoms with Gasteiger partial charge >= 0.3 is 0 Å². The molecule has 88 valence electrons. The summed E-state index contributed by atoms with van der Waals surface area (Å²) in [6, 6.07) is 11.4. The van der Waals surface area contributed by atoms with Gasteiger partial charge in [0, 0.05) is 15.8 Å². The molecule has 0 atom stereocenters. The fourth-order valence-corrected chi connectivity index (χ4v) is 2.05. The Morgan fingerprint density at radius 1 is 1.18 bits per heavy atom. The third-order valence-corrected chi connectivity index (χ3v) is 3.40. The number of halogens is 2. The number of anilines is 3. The van der Waals surface area contributed by atoms with Crippen molar-refractivity contribution in [3.63, 3.8) is 0 Å². The van der Waals surface area contributed by atoms with Crippen molar-refractivity contribution >= 4 is 44.6 Å². The highest BCUT2D eigenvalue weighted by Gasteiger charge is 2.05. The van der Waals surface area contributed by atoms with Crippen molar-refractivity contribution in [1.82, 2.24) is 0 Å². The van der Waals surface area contributed by atoms with Crippen molar-refractivity contribution in [2.75, 3.05) is 11.1 Å². The van der Waals surface area contributed by atoms with Gasteiger partial charge in [-0.05, 0) is 42.8 Å². The molecule has 0 unspecified atom stereocenters. The molecule has 2 aromatic rings. The highest BCUT2D eigenvalue weighted by atomic mass is 79.9. The Labute approximate surface area is 114 Å². The second-order valence-corrected chi connectivity index (χ2v) is 5.09. The maximum atomic E-state index is 6.12. The van der Waals surface area contributed by atoms with E-state index in [1.807, 2.05) is 43.3 Å². The summed E-state index contributed by atoms with van der Waals surface area (Å²) >= 11 is 9.54. The standard InChI is InChI=1S/C13H12BrClN2/c1-8-11(16)3-2-4-12(8)17-13-7-9(14)5-6-10(13)15/h2-7,17H,16H2,1H3. The van der Waals surface area contributed by atoms with Crippen molar-refractivity contribution in [3.05, 3.63) is 51.5 Å². The number of benzene rings is 2. The number of hydrogen-bond donors (Lipinski definition) is 2. The second-order valence-electron chi connectivity index (χ2n) is 3.77. The van der Waals surface area contributed by atoms with E-state index in [-0.39, 0.29) is 0 Å². The maximum absolute atomic E-state index is 6.12. The lowest BCUT2D eigenvalue weighted by atomic mass is 10.1. The zero-order valence-electron chi connectivity index (χ0n) is 9.30. The zero-order valence-corrected chi connectivity index (χ0v) is 11.6. The number of nitrogen functional groups attached to an aromatic ring is 1. The third-order valence-electron chi connectivity index (χ3n) is 2.57. The first-order valence-corrected chi connectivity index (χ1v) is 6.32. The first-order chi connectivity index (χ1) is 8.08. The van der Waals surface area contributed by atoms with Crippen molar-refractivity contribution < 1.29 is 0 Å². The van der Waals surface area contributed by atoms with Gasteiger partial charge in [-0.25, -0.2) is 0 Å². The van der Waals surface area contributed by atoms with Crippen LogP contribution in [0, 0.1) is 6.92 Å². The van der Waals surface area contributed by atoms with E-state index in [0.717, 1.165) is 27.1 Å². The maximum Gasteiger partial charge on any atom is 0.0641 e. The van der Waals surface area contributed by atoms with Crippen LogP contribution in [0.2, 0.25) is 5.02 Å². The molecule has 0 aliphatic rings. The van der Waals surface area contributed by atoms with Crippen LogP contribution in [0.3, 0.4) is 0 Å². The molecule has 17 heavy (non-hydrogen) atoms. The predicted molar refractivity (Wildman–Crippen MR) is 78.0 cm³/mol. The van der Waals surface area contributed by atoms with Crippen molar-refractivity contribution in [1.29, 1.82) is 0 Å². The van der Waals surface area contributed by atoms with Crippen LogP contribution in [0.25, 0.3) is 0 Å². The van der Waals surface area contributed by atoms with Crippen LogP contribution in [0.1, 0.15) is 5.56 Å². The summed E-state index contributed by atoms with van der Waals surface area (Å²) in [4.78, 5) is 0. The minimum absolute atomic E-state index is 0.676. The summed E-state index contributed by atoms with van der Waals surface area (Å²) in [5.74, 6) is 0.